The molecule has 0 unspecified atom stereocenters. The molecule has 23 heavy (non-hydrogen) atoms. The van der Waals surface area contributed by atoms with Crippen molar-refractivity contribution in [2.24, 2.45) is 0 Å². The highest BCUT2D eigenvalue weighted by Crippen LogP contribution is 2.16. The molecule has 0 radical (unpaired) electrons. The van der Waals surface area contributed by atoms with Crippen molar-refractivity contribution in [2.45, 2.75) is 13.3 Å². The van der Waals surface area contributed by atoms with Crippen molar-refractivity contribution in [3.05, 3.63) is 65.7 Å². The number of carbonyl (C=O) groups is 1. The number of likely N-dealkylation sites (N-methyl/N-ethyl adjacent to an activating group) is 1. The molecule has 4 nitrogen and oxygen atoms in total. The molecule has 0 heterocycles. The van der Waals surface area contributed by atoms with Crippen molar-refractivity contribution in [2.75, 3.05) is 19.7 Å². The Morgan fingerprint density at radius 3 is 2.52 bits per heavy atom. The first kappa shape index (κ1) is 16.6. The molecule has 2 aromatic rings. The van der Waals surface area contributed by atoms with E-state index in [1.54, 1.807) is 29.2 Å². The highest BCUT2D eigenvalue weighted by Gasteiger charge is 2.13. The van der Waals surface area contributed by atoms with Crippen LogP contribution in [0.2, 0.25) is 0 Å². The molecule has 0 fully saturated rings. The van der Waals surface area contributed by atoms with Crippen molar-refractivity contribution >= 4 is 5.91 Å². The number of hydrogen-bond donors (Lipinski definition) is 0. The third kappa shape index (κ3) is 4.86. The summed E-state index contributed by atoms with van der Waals surface area (Å²) in [6, 6.07) is 19.1. The van der Waals surface area contributed by atoms with E-state index < -0.39 is 0 Å². The second-order valence-electron chi connectivity index (χ2n) is 5.11. The second-order valence-corrected chi connectivity index (χ2v) is 5.11. The molecule has 0 atom stereocenters. The highest BCUT2D eigenvalue weighted by molar-refractivity contribution is 5.77. The topological polar surface area (TPSA) is 53.3 Å². The molecule has 0 aliphatic heterocycles. The summed E-state index contributed by atoms with van der Waals surface area (Å²) in [4.78, 5) is 14.1. The van der Waals surface area contributed by atoms with Gasteiger partial charge in [-0.2, -0.15) is 5.26 Å². The van der Waals surface area contributed by atoms with Crippen LogP contribution in [0.25, 0.3) is 0 Å². The van der Waals surface area contributed by atoms with Crippen LogP contribution in [0.4, 0.5) is 0 Å². The fraction of sp³-hybridized carbons (Fsp3) is 0.263. The standard InChI is InChI=1S/C19H20N2O2/c1-2-21(13-12-16-8-4-3-5-9-16)19(22)15-23-18-11-7-6-10-17(18)14-20/h3-11H,2,12-13,15H2,1H3. The van der Waals surface area contributed by atoms with Gasteiger partial charge in [-0.15, -0.1) is 0 Å². The number of benzene rings is 2. The van der Waals surface area contributed by atoms with E-state index in [1.807, 2.05) is 25.1 Å². The lowest BCUT2D eigenvalue weighted by Crippen LogP contribution is -2.36. The molecule has 2 aromatic carbocycles. The Hall–Kier alpha value is -2.80. The zero-order chi connectivity index (χ0) is 16.5. The van der Waals surface area contributed by atoms with Crippen molar-refractivity contribution in [1.82, 2.24) is 4.90 Å². The smallest absolute Gasteiger partial charge is 0.260 e. The molecule has 2 rings (SSSR count). The van der Waals surface area contributed by atoms with Gasteiger partial charge >= 0.3 is 0 Å². The van der Waals surface area contributed by atoms with E-state index in [1.165, 1.54) is 5.56 Å². The van der Waals surface area contributed by atoms with E-state index in [2.05, 4.69) is 18.2 Å². The highest BCUT2D eigenvalue weighted by atomic mass is 16.5. The second kappa shape index (κ2) is 8.60. The molecule has 1 amide bonds. The van der Waals surface area contributed by atoms with E-state index in [9.17, 15) is 4.79 Å². The number of hydrogen-bond acceptors (Lipinski definition) is 3. The van der Waals surface area contributed by atoms with Crippen LogP contribution >= 0.6 is 0 Å². The van der Waals surface area contributed by atoms with Gasteiger partial charge in [-0.1, -0.05) is 42.5 Å². The van der Waals surface area contributed by atoms with Crippen LogP contribution in [0.5, 0.6) is 5.75 Å². The maximum absolute atomic E-state index is 12.3. The zero-order valence-corrected chi connectivity index (χ0v) is 13.2. The van der Waals surface area contributed by atoms with Gasteiger partial charge in [0.15, 0.2) is 6.61 Å². The first-order valence-electron chi connectivity index (χ1n) is 7.68. The lowest BCUT2D eigenvalue weighted by atomic mass is 10.1. The minimum atomic E-state index is -0.0730. The van der Waals surface area contributed by atoms with Crippen molar-refractivity contribution in [1.29, 1.82) is 5.26 Å². The summed E-state index contributed by atoms with van der Waals surface area (Å²) < 4.78 is 5.51. The third-order valence-electron chi connectivity index (χ3n) is 3.61. The lowest BCUT2D eigenvalue weighted by molar-refractivity contribution is -0.133. The number of rotatable bonds is 7. The Labute approximate surface area is 136 Å². The van der Waals surface area contributed by atoms with Gasteiger partial charge in [0.25, 0.3) is 5.91 Å². The van der Waals surface area contributed by atoms with Gasteiger partial charge in [-0.3, -0.25) is 4.79 Å². The van der Waals surface area contributed by atoms with Crippen LogP contribution in [0.15, 0.2) is 54.6 Å². The predicted molar refractivity (Wildman–Crippen MR) is 89.1 cm³/mol. The summed E-state index contributed by atoms with van der Waals surface area (Å²) in [5.41, 5.74) is 1.64. The van der Waals surface area contributed by atoms with Gasteiger partial charge < -0.3 is 9.64 Å². The maximum Gasteiger partial charge on any atom is 0.260 e. The molecule has 0 saturated heterocycles. The fourth-order valence-corrected chi connectivity index (χ4v) is 2.28. The monoisotopic (exact) mass is 308 g/mol. The minimum Gasteiger partial charge on any atom is -0.482 e. The van der Waals surface area contributed by atoms with Crippen LogP contribution in [-0.2, 0) is 11.2 Å². The first-order chi connectivity index (χ1) is 11.2. The summed E-state index contributed by atoms with van der Waals surface area (Å²) in [5.74, 6) is 0.374. The van der Waals surface area contributed by atoms with E-state index >= 15 is 0 Å². The van der Waals surface area contributed by atoms with Crippen molar-refractivity contribution in [3.63, 3.8) is 0 Å². The minimum absolute atomic E-state index is 0.0542. The number of nitriles is 1. The predicted octanol–water partition coefficient (Wildman–Crippen LogP) is 3.03. The Morgan fingerprint density at radius 1 is 1.13 bits per heavy atom. The molecule has 0 N–H and O–H groups in total. The molecule has 0 aliphatic carbocycles. The van der Waals surface area contributed by atoms with Crippen molar-refractivity contribution in [3.8, 4) is 11.8 Å². The Morgan fingerprint density at radius 2 is 1.83 bits per heavy atom. The average molecular weight is 308 g/mol. The molecular weight excluding hydrogens is 288 g/mol. The zero-order valence-electron chi connectivity index (χ0n) is 13.2. The lowest BCUT2D eigenvalue weighted by Gasteiger charge is -2.21. The largest absolute Gasteiger partial charge is 0.482 e. The normalized spacial score (nSPS) is 9.91. The summed E-state index contributed by atoms with van der Waals surface area (Å²) in [6.07, 6.45) is 0.815. The quantitative estimate of drug-likeness (QED) is 0.790. The Kier molecular flexibility index (Phi) is 6.19. The Bertz CT molecular complexity index is 677. The molecule has 4 heteroatoms. The summed E-state index contributed by atoms with van der Waals surface area (Å²) in [7, 11) is 0. The van der Waals surface area contributed by atoms with Crippen LogP contribution in [0.3, 0.4) is 0 Å². The molecule has 118 valence electrons. The molecule has 0 saturated carbocycles. The Balaban J connectivity index is 1.89. The van der Waals surface area contributed by atoms with E-state index in [-0.39, 0.29) is 12.5 Å². The molecular formula is C19H20N2O2. The summed E-state index contributed by atoms with van der Waals surface area (Å²) in [6.45, 7) is 3.19. The van der Waals surface area contributed by atoms with Crippen LogP contribution in [0, 0.1) is 11.3 Å². The number of carbonyl (C=O) groups excluding carboxylic acids is 1. The molecule has 0 aliphatic rings. The van der Waals surface area contributed by atoms with E-state index in [0.29, 0.717) is 24.4 Å². The van der Waals surface area contributed by atoms with Gasteiger partial charge in [0.05, 0.1) is 5.56 Å². The molecule has 0 aromatic heterocycles. The van der Waals surface area contributed by atoms with Gasteiger partial charge in [0, 0.05) is 13.1 Å². The van der Waals surface area contributed by atoms with Gasteiger partial charge in [-0.05, 0) is 31.0 Å². The van der Waals surface area contributed by atoms with Gasteiger partial charge in [0.2, 0.25) is 0 Å². The SMILES string of the molecule is CCN(CCc1ccccc1)C(=O)COc1ccccc1C#N. The van der Waals surface area contributed by atoms with Gasteiger partial charge in [0.1, 0.15) is 11.8 Å². The average Bonchev–Trinajstić information content (AvgIpc) is 2.61. The van der Waals surface area contributed by atoms with Crippen molar-refractivity contribution < 1.29 is 9.53 Å². The summed E-state index contributed by atoms with van der Waals surface area (Å²) in [5, 5.41) is 9.02. The number of para-hydroxylation sites is 1. The van der Waals surface area contributed by atoms with E-state index in [0.717, 1.165) is 6.42 Å². The number of nitrogens with zero attached hydrogens (tertiary/aromatic N) is 2. The number of amides is 1. The fourth-order valence-electron chi connectivity index (χ4n) is 2.28. The van der Waals surface area contributed by atoms with Gasteiger partial charge in [-0.25, -0.2) is 0 Å². The number of ether oxygens (including phenoxy) is 1. The first-order valence-corrected chi connectivity index (χ1v) is 7.68. The third-order valence-corrected chi connectivity index (χ3v) is 3.61. The molecule has 0 spiro atoms. The van der Waals surface area contributed by atoms with Crippen LogP contribution < -0.4 is 4.74 Å². The summed E-state index contributed by atoms with van der Waals surface area (Å²) >= 11 is 0. The van der Waals surface area contributed by atoms with E-state index in [4.69, 9.17) is 10.00 Å². The maximum atomic E-state index is 12.3. The van der Waals surface area contributed by atoms with Crippen LogP contribution in [-0.4, -0.2) is 30.5 Å². The molecule has 0 bridgehead atoms. The van der Waals surface area contributed by atoms with Crippen LogP contribution in [0.1, 0.15) is 18.1 Å².